The fourth-order valence-corrected chi connectivity index (χ4v) is 0.767. The Morgan fingerprint density at radius 3 is 2.12 bits per heavy atom. The highest BCUT2D eigenvalue weighted by atomic mass is 32.1. The normalized spacial score (nSPS) is 9.12. The van der Waals surface area contributed by atoms with Crippen molar-refractivity contribution in [3.05, 3.63) is 35.9 Å². The van der Waals surface area contributed by atoms with Gasteiger partial charge in [0.15, 0.2) is 0 Å². The van der Waals surface area contributed by atoms with Gasteiger partial charge in [-0.2, -0.15) is 0 Å². The summed E-state index contributed by atoms with van der Waals surface area (Å²) in [6.45, 7) is 0. The Morgan fingerprint density at radius 1 is 1.12 bits per heavy atom. The zero-order valence-electron chi connectivity index (χ0n) is 4.50. The van der Waals surface area contributed by atoms with Gasteiger partial charge in [0.05, 0.1) is 0 Å². The van der Waals surface area contributed by atoms with E-state index in [2.05, 4.69) is 0 Å². The Hall–Kier alpha value is -0.430. The fourth-order valence-electron chi connectivity index (χ4n) is 0.574. The molecule has 0 unspecified atom stereocenters. The molecule has 1 aromatic carbocycles. The Kier molecular flexibility index (Phi) is 1.98. The molecule has 1 heteroatoms. The highest BCUT2D eigenvalue weighted by molar-refractivity contribution is 7.79. The van der Waals surface area contributed by atoms with Gasteiger partial charge in [0.1, 0.15) is 0 Å². The first-order valence-electron chi connectivity index (χ1n) is 2.55. The van der Waals surface area contributed by atoms with Crippen LogP contribution in [0.15, 0.2) is 30.3 Å². The van der Waals surface area contributed by atoms with Crippen LogP contribution < -0.4 is 0 Å². The SMILES string of the molecule is [S]Cc1ccccc1. The maximum Gasteiger partial charge on any atom is 0.0288 e. The second-order valence-corrected chi connectivity index (χ2v) is 1.92. The van der Waals surface area contributed by atoms with Crippen molar-refractivity contribution in [1.29, 1.82) is 0 Å². The average molecular weight is 123 g/mol. The van der Waals surface area contributed by atoms with Gasteiger partial charge < -0.3 is 0 Å². The van der Waals surface area contributed by atoms with Crippen molar-refractivity contribution in [1.82, 2.24) is 0 Å². The van der Waals surface area contributed by atoms with Crippen molar-refractivity contribution in [2.45, 2.75) is 5.75 Å². The minimum absolute atomic E-state index is 0.723. The molecule has 0 heterocycles. The second kappa shape index (κ2) is 2.78. The van der Waals surface area contributed by atoms with Gasteiger partial charge >= 0.3 is 0 Å². The Labute approximate surface area is 55.0 Å². The third kappa shape index (κ3) is 1.27. The van der Waals surface area contributed by atoms with E-state index in [1.165, 1.54) is 5.56 Å². The molecule has 0 saturated carbocycles. The predicted octanol–water partition coefficient (Wildman–Crippen LogP) is 2.38. The van der Waals surface area contributed by atoms with E-state index in [0.717, 1.165) is 5.75 Å². The van der Waals surface area contributed by atoms with Crippen LogP contribution in [0.25, 0.3) is 0 Å². The average Bonchev–Trinajstić information content (AvgIpc) is 1.90. The maximum atomic E-state index is 4.82. The van der Waals surface area contributed by atoms with Gasteiger partial charge in [0, 0.05) is 5.75 Å². The van der Waals surface area contributed by atoms with Crippen LogP contribution in [0.3, 0.4) is 0 Å². The summed E-state index contributed by atoms with van der Waals surface area (Å²) in [5.41, 5.74) is 1.22. The second-order valence-electron chi connectivity index (χ2n) is 1.63. The molecule has 0 aromatic heterocycles. The summed E-state index contributed by atoms with van der Waals surface area (Å²) >= 11 is 4.82. The van der Waals surface area contributed by atoms with Crippen molar-refractivity contribution >= 4 is 12.6 Å². The van der Waals surface area contributed by atoms with Crippen LogP contribution in [-0.4, -0.2) is 0 Å². The Bertz CT molecular complexity index is 146. The van der Waals surface area contributed by atoms with Gasteiger partial charge in [-0.1, -0.05) is 43.0 Å². The van der Waals surface area contributed by atoms with E-state index in [-0.39, 0.29) is 0 Å². The lowest BCUT2D eigenvalue weighted by molar-refractivity contribution is 1.43. The fraction of sp³-hybridized carbons (Fsp3) is 0.143. The van der Waals surface area contributed by atoms with Gasteiger partial charge in [0.25, 0.3) is 0 Å². The van der Waals surface area contributed by atoms with Gasteiger partial charge in [-0.15, -0.1) is 0 Å². The summed E-state index contributed by atoms with van der Waals surface area (Å²) in [7, 11) is 0. The number of hydrogen-bond donors (Lipinski definition) is 0. The van der Waals surface area contributed by atoms with E-state index in [1.54, 1.807) is 0 Å². The molecule has 0 spiro atoms. The standard InChI is InChI=1S/C7H7S/c8-6-7-4-2-1-3-5-7/h1-5H,6H2. The predicted molar refractivity (Wildman–Crippen MR) is 37.7 cm³/mol. The van der Waals surface area contributed by atoms with Crippen molar-refractivity contribution in [3.8, 4) is 0 Å². The lowest BCUT2D eigenvalue weighted by Gasteiger charge is -1.88. The molecule has 41 valence electrons. The quantitative estimate of drug-likeness (QED) is 0.538. The summed E-state index contributed by atoms with van der Waals surface area (Å²) < 4.78 is 0. The van der Waals surface area contributed by atoms with Gasteiger partial charge in [-0.05, 0) is 5.56 Å². The molecule has 1 radical (unpaired) electrons. The molecular formula is C7H7S. The van der Waals surface area contributed by atoms with Crippen LogP contribution in [0.2, 0.25) is 0 Å². The summed E-state index contributed by atoms with van der Waals surface area (Å²) in [6.07, 6.45) is 0. The topological polar surface area (TPSA) is 0 Å². The highest BCUT2D eigenvalue weighted by Crippen LogP contribution is 2.00. The Morgan fingerprint density at radius 2 is 1.75 bits per heavy atom. The monoisotopic (exact) mass is 123 g/mol. The zero-order chi connectivity index (χ0) is 5.82. The van der Waals surface area contributed by atoms with Crippen LogP contribution >= 0.6 is 12.6 Å². The smallest absolute Gasteiger partial charge is 0.0288 e. The molecule has 0 fully saturated rings. The van der Waals surface area contributed by atoms with Gasteiger partial charge in [-0.3, -0.25) is 0 Å². The number of hydrogen-bond acceptors (Lipinski definition) is 0. The first-order chi connectivity index (χ1) is 3.93. The van der Waals surface area contributed by atoms with Crippen LogP contribution in [0.5, 0.6) is 0 Å². The minimum Gasteiger partial charge on any atom is -0.0890 e. The molecule has 1 rings (SSSR count). The van der Waals surface area contributed by atoms with Crippen molar-refractivity contribution in [2.75, 3.05) is 0 Å². The van der Waals surface area contributed by atoms with Crippen LogP contribution in [0.4, 0.5) is 0 Å². The lowest BCUT2D eigenvalue weighted by Crippen LogP contribution is -1.71. The molecule has 0 N–H and O–H groups in total. The van der Waals surface area contributed by atoms with Crippen molar-refractivity contribution in [3.63, 3.8) is 0 Å². The van der Waals surface area contributed by atoms with E-state index in [0.29, 0.717) is 0 Å². The molecule has 0 aliphatic carbocycles. The Balaban J connectivity index is 2.83. The lowest BCUT2D eigenvalue weighted by atomic mass is 10.2. The third-order valence-electron chi connectivity index (χ3n) is 1.01. The first-order valence-corrected chi connectivity index (χ1v) is 3.13. The van der Waals surface area contributed by atoms with E-state index in [1.807, 2.05) is 30.3 Å². The molecule has 0 nitrogen and oxygen atoms in total. The molecule has 0 aliphatic rings. The minimum atomic E-state index is 0.723. The van der Waals surface area contributed by atoms with Crippen LogP contribution in [-0.2, 0) is 5.75 Å². The summed E-state index contributed by atoms with van der Waals surface area (Å²) in [5, 5.41) is 0. The number of benzene rings is 1. The van der Waals surface area contributed by atoms with Gasteiger partial charge in [0.2, 0.25) is 0 Å². The molecule has 0 saturated heterocycles. The zero-order valence-corrected chi connectivity index (χ0v) is 5.32. The third-order valence-corrected chi connectivity index (χ3v) is 1.34. The highest BCUT2D eigenvalue weighted by Gasteiger charge is 1.81. The largest absolute Gasteiger partial charge is 0.0890 e. The molecule has 0 amide bonds. The number of rotatable bonds is 1. The molecule has 8 heavy (non-hydrogen) atoms. The van der Waals surface area contributed by atoms with Gasteiger partial charge in [-0.25, -0.2) is 0 Å². The molecule has 0 aliphatic heterocycles. The van der Waals surface area contributed by atoms with Crippen LogP contribution in [0, 0.1) is 0 Å². The van der Waals surface area contributed by atoms with E-state index in [9.17, 15) is 0 Å². The van der Waals surface area contributed by atoms with E-state index < -0.39 is 0 Å². The summed E-state index contributed by atoms with van der Waals surface area (Å²) in [6, 6.07) is 10.1. The molecule has 1 aromatic rings. The van der Waals surface area contributed by atoms with Crippen molar-refractivity contribution in [2.24, 2.45) is 0 Å². The maximum absolute atomic E-state index is 4.82. The van der Waals surface area contributed by atoms with E-state index >= 15 is 0 Å². The molecular weight excluding hydrogens is 116 g/mol. The summed E-state index contributed by atoms with van der Waals surface area (Å²) in [5.74, 6) is 0.723. The van der Waals surface area contributed by atoms with Crippen LogP contribution in [0.1, 0.15) is 5.56 Å². The first kappa shape index (κ1) is 5.70. The van der Waals surface area contributed by atoms with Crippen molar-refractivity contribution < 1.29 is 0 Å². The van der Waals surface area contributed by atoms with E-state index in [4.69, 9.17) is 12.6 Å². The molecule has 0 atom stereocenters. The molecule has 0 bridgehead atoms. The summed E-state index contributed by atoms with van der Waals surface area (Å²) in [4.78, 5) is 0.